The smallest absolute Gasteiger partial charge is 0.258 e. The Morgan fingerprint density at radius 2 is 1.76 bits per heavy atom. The summed E-state index contributed by atoms with van der Waals surface area (Å²) in [4.78, 5) is 27.8. The first-order valence-electron chi connectivity index (χ1n) is 7.42. The number of thiazole rings is 1. The summed E-state index contributed by atoms with van der Waals surface area (Å²) in [5.74, 6) is -0.326. The van der Waals surface area contributed by atoms with E-state index < -0.39 is 0 Å². The average molecular weight is 416 g/mol. The standard InChI is InChI=1S/C18H14BrN3O2S/c1-11(23)20-13-8-6-12(7-9-13)16-10-25-18(21-16)22-17(24)14-4-2-3-5-15(14)19/h2-10H,1H3,(H,20,23)(H,21,22,24). The van der Waals surface area contributed by atoms with Gasteiger partial charge in [0.05, 0.1) is 11.3 Å². The lowest BCUT2D eigenvalue weighted by Crippen LogP contribution is -2.12. The summed E-state index contributed by atoms with van der Waals surface area (Å²) in [7, 11) is 0. The van der Waals surface area contributed by atoms with Gasteiger partial charge in [0.25, 0.3) is 5.91 Å². The summed E-state index contributed by atoms with van der Waals surface area (Å²) < 4.78 is 0.734. The van der Waals surface area contributed by atoms with E-state index in [1.54, 1.807) is 6.07 Å². The molecule has 0 saturated heterocycles. The number of nitrogens with zero attached hydrogens (tertiary/aromatic N) is 1. The third-order valence-corrected chi connectivity index (χ3v) is 4.79. The number of halogens is 1. The second-order valence-electron chi connectivity index (χ2n) is 5.23. The molecule has 0 bridgehead atoms. The van der Waals surface area contributed by atoms with Crippen molar-refractivity contribution in [2.24, 2.45) is 0 Å². The van der Waals surface area contributed by atoms with Gasteiger partial charge >= 0.3 is 0 Å². The number of aromatic nitrogens is 1. The molecule has 0 aliphatic heterocycles. The fourth-order valence-electron chi connectivity index (χ4n) is 2.20. The number of hydrogen-bond donors (Lipinski definition) is 2. The monoisotopic (exact) mass is 415 g/mol. The fraction of sp³-hybridized carbons (Fsp3) is 0.0556. The zero-order valence-electron chi connectivity index (χ0n) is 13.2. The third-order valence-electron chi connectivity index (χ3n) is 3.34. The molecule has 7 heteroatoms. The SMILES string of the molecule is CC(=O)Nc1ccc(-c2csc(NC(=O)c3ccccc3Br)n2)cc1. The van der Waals surface area contributed by atoms with Gasteiger partial charge in [-0.15, -0.1) is 11.3 Å². The average Bonchev–Trinajstić information content (AvgIpc) is 3.04. The van der Waals surface area contributed by atoms with Crippen LogP contribution < -0.4 is 10.6 Å². The maximum atomic E-state index is 12.3. The van der Waals surface area contributed by atoms with Crippen LogP contribution in [0.15, 0.2) is 58.4 Å². The Bertz CT molecular complexity index is 922. The van der Waals surface area contributed by atoms with Crippen molar-refractivity contribution in [2.75, 3.05) is 10.6 Å². The van der Waals surface area contributed by atoms with Gasteiger partial charge < -0.3 is 5.32 Å². The van der Waals surface area contributed by atoms with E-state index in [9.17, 15) is 9.59 Å². The zero-order chi connectivity index (χ0) is 17.8. The van der Waals surface area contributed by atoms with Crippen LogP contribution in [0.3, 0.4) is 0 Å². The van der Waals surface area contributed by atoms with Gasteiger partial charge in [0.15, 0.2) is 5.13 Å². The molecule has 25 heavy (non-hydrogen) atoms. The van der Waals surface area contributed by atoms with Crippen molar-refractivity contribution in [1.82, 2.24) is 4.98 Å². The second-order valence-corrected chi connectivity index (χ2v) is 6.94. The van der Waals surface area contributed by atoms with Crippen LogP contribution in [-0.2, 0) is 4.79 Å². The maximum absolute atomic E-state index is 12.3. The minimum absolute atomic E-state index is 0.113. The first kappa shape index (κ1) is 17.3. The molecule has 2 amide bonds. The van der Waals surface area contributed by atoms with E-state index in [4.69, 9.17) is 0 Å². The number of rotatable bonds is 4. The Morgan fingerprint density at radius 3 is 2.44 bits per heavy atom. The predicted molar refractivity (Wildman–Crippen MR) is 104 cm³/mol. The molecule has 2 aromatic carbocycles. The van der Waals surface area contributed by atoms with Crippen LogP contribution in [0.4, 0.5) is 10.8 Å². The Morgan fingerprint density at radius 1 is 1.04 bits per heavy atom. The lowest BCUT2D eigenvalue weighted by atomic mass is 10.1. The quantitative estimate of drug-likeness (QED) is 0.643. The largest absolute Gasteiger partial charge is 0.326 e. The first-order valence-corrected chi connectivity index (χ1v) is 9.09. The number of carbonyl (C=O) groups excluding carboxylic acids is 2. The lowest BCUT2D eigenvalue weighted by Gasteiger charge is -2.04. The number of nitrogens with one attached hydrogen (secondary N) is 2. The van der Waals surface area contributed by atoms with Gasteiger partial charge in [-0.2, -0.15) is 0 Å². The summed E-state index contributed by atoms with van der Waals surface area (Å²) in [6, 6.07) is 14.6. The van der Waals surface area contributed by atoms with E-state index in [0.29, 0.717) is 10.7 Å². The van der Waals surface area contributed by atoms with Gasteiger partial charge in [0.1, 0.15) is 0 Å². The van der Waals surface area contributed by atoms with Gasteiger partial charge in [0.2, 0.25) is 5.91 Å². The van der Waals surface area contributed by atoms with E-state index in [-0.39, 0.29) is 11.8 Å². The molecule has 2 N–H and O–H groups in total. The van der Waals surface area contributed by atoms with E-state index >= 15 is 0 Å². The van der Waals surface area contributed by atoms with E-state index in [0.717, 1.165) is 21.4 Å². The third kappa shape index (κ3) is 4.32. The molecule has 3 rings (SSSR count). The molecule has 3 aromatic rings. The minimum Gasteiger partial charge on any atom is -0.326 e. The van der Waals surface area contributed by atoms with Crippen molar-refractivity contribution in [3.8, 4) is 11.3 Å². The molecule has 0 spiro atoms. The fourth-order valence-corrected chi connectivity index (χ4v) is 3.38. The highest BCUT2D eigenvalue weighted by molar-refractivity contribution is 9.10. The summed E-state index contributed by atoms with van der Waals surface area (Å²) in [6.45, 7) is 1.47. The van der Waals surface area contributed by atoms with Crippen molar-refractivity contribution < 1.29 is 9.59 Å². The molecule has 1 heterocycles. The molecule has 0 unspecified atom stereocenters. The molecule has 0 fully saturated rings. The molecule has 5 nitrogen and oxygen atoms in total. The van der Waals surface area contributed by atoms with Crippen LogP contribution in [0.1, 0.15) is 17.3 Å². The van der Waals surface area contributed by atoms with Crippen molar-refractivity contribution >= 4 is 49.9 Å². The number of amides is 2. The molecule has 1 aromatic heterocycles. The Kier molecular flexibility index (Phi) is 5.25. The topological polar surface area (TPSA) is 71.1 Å². The molecule has 0 atom stereocenters. The molecule has 0 saturated carbocycles. The van der Waals surface area contributed by atoms with Crippen molar-refractivity contribution in [2.45, 2.75) is 6.92 Å². The van der Waals surface area contributed by atoms with Crippen molar-refractivity contribution in [1.29, 1.82) is 0 Å². The van der Waals surface area contributed by atoms with Crippen LogP contribution in [0.25, 0.3) is 11.3 Å². The maximum Gasteiger partial charge on any atom is 0.258 e. The summed E-state index contributed by atoms with van der Waals surface area (Å²) in [6.07, 6.45) is 0. The summed E-state index contributed by atoms with van der Waals surface area (Å²) >= 11 is 4.73. The Balaban J connectivity index is 1.73. The van der Waals surface area contributed by atoms with Crippen molar-refractivity contribution in [3.05, 3.63) is 63.9 Å². The van der Waals surface area contributed by atoms with Crippen LogP contribution in [0.2, 0.25) is 0 Å². The number of hydrogen-bond acceptors (Lipinski definition) is 4. The molecular formula is C18H14BrN3O2S. The number of benzene rings is 2. The van der Waals surface area contributed by atoms with Crippen LogP contribution >= 0.6 is 27.3 Å². The summed E-state index contributed by atoms with van der Waals surface area (Å²) in [5.41, 5.74) is 2.96. The van der Waals surface area contributed by atoms with Crippen LogP contribution in [-0.4, -0.2) is 16.8 Å². The van der Waals surface area contributed by atoms with Gasteiger partial charge in [-0.05, 0) is 40.2 Å². The molecule has 0 aliphatic rings. The van der Waals surface area contributed by atoms with Gasteiger partial charge in [-0.25, -0.2) is 4.98 Å². The van der Waals surface area contributed by atoms with Gasteiger partial charge in [0, 0.05) is 28.0 Å². The molecule has 0 aliphatic carbocycles. The highest BCUT2D eigenvalue weighted by atomic mass is 79.9. The van der Waals surface area contributed by atoms with Gasteiger partial charge in [-0.1, -0.05) is 24.3 Å². The number of carbonyl (C=O) groups is 2. The lowest BCUT2D eigenvalue weighted by molar-refractivity contribution is -0.114. The van der Waals surface area contributed by atoms with E-state index in [2.05, 4.69) is 31.5 Å². The Hall–Kier alpha value is -2.51. The Labute approximate surface area is 157 Å². The zero-order valence-corrected chi connectivity index (χ0v) is 15.6. The predicted octanol–water partition coefficient (Wildman–Crippen LogP) is 4.78. The van der Waals surface area contributed by atoms with Gasteiger partial charge in [-0.3, -0.25) is 14.9 Å². The first-order chi connectivity index (χ1) is 12.0. The minimum atomic E-state index is -0.214. The second kappa shape index (κ2) is 7.58. The van der Waals surface area contributed by atoms with E-state index in [1.807, 2.05) is 47.8 Å². The van der Waals surface area contributed by atoms with E-state index in [1.165, 1.54) is 18.3 Å². The summed E-state index contributed by atoms with van der Waals surface area (Å²) in [5, 5.41) is 7.94. The highest BCUT2D eigenvalue weighted by Gasteiger charge is 2.12. The van der Waals surface area contributed by atoms with Crippen LogP contribution in [0.5, 0.6) is 0 Å². The molecule has 126 valence electrons. The highest BCUT2D eigenvalue weighted by Crippen LogP contribution is 2.27. The normalized spacial score (nSPS) is 10.3. The number of anilines is 2. The molecule has 0 radical (unpaired) electrons. The molecular weight excluding hydrogens is 402 g/mol. The van der Waals surface area contributed by atoms with Crippen molar-refractivity contribution in [3.63, 3.8) is 0 Å². The van der Waals surface area contributed by atoms with Crippen LogP contribution in [0, 0.1) is 0 Å².